The number of aromatic amines is 1. The van der Waals surface area contributed by atoms with Crippen LogP contribution in [0.15, 0.2) is 36.5 Å². The van der Waals surface area contributed by atoms with Gasteiger partial charge < -0.3 is 19.4 Å². The van der Waals surface area contributed by atoms with Gasteiger partial charge in [-0.3, -0.25) is 19.7 Å². The van der Waals surface area contributed by atoms with Crippen molar-refractivity contribution in [1.82, 2.24) is 9.88 Å². The number of rotatable bonds is 8. The van der Waals surface area contributed by atoms with Gasteiger partial charge in [0.2, 0.25) is 5.78 Å². The van der Waals surface area contributed by atoms with E-state index in [0.717, 1.165) is 12.8 Å². The zero-order valence-electron chi connectivity index (χ0n) is 15.5. The van der Waals surface area contributed by atoms with Crippen LogP contribution in [0.4, 0.5) is 5.69 Å². The molecule has 1 aliphatic rings. The molecule has 0 bridgehead atoms. The Kier molecular flexibility index (Phi) is 6.22. The van der Waals surface area contributed by atoms with E-state index in [-0.39, 0.29) is 22.9 Å². The van der Waals surface area contributed by atoms with E-state index in [1.54, 1.807) is 4.90 Å². The number of aromatic nitrogens is 1. The van der Waals surface area contributed by atoms with E-state index < -0.39 is 29.9 Å². The molecule has 2 aromatic rings. The first-order valence-electron chi connectivity index (χ1n) is 8.98. The van der Waals surface area contributed by atoms with Crippen LogP contribution in [-0.2, 0) is 9.53 Å². The fourth-order valence-corrected chi connectivity index (χ4v) is 2.91. The van der Waals surface area contributed by atoms with Gasteiger partial charge in [-0.05, 0) is 25.0 Å². The second kappa shape index (κ2) is 9.00. The minimum atomic E-state index is -0.847. The average Bonchev–Trinajstić information content (AvgIpc) is 3.42. The summed E-state index contributed by atoms with van der Waals surface area (Å²) in [5.41, 5.74) is 0.250. The third-order valence-electron chi connectivity index (χ3n) is 4.40. The number of amides is 1. The second-order valence-electron chi connectivity index (χ2n) is 6.40. The number of nitrogens with zero attached hydrogens (tertiary/aromatic N) is 2. The van der Waals surface area contributed by atoms with E-state index in [0.29, 0.717) is 18.8 Å². The second-order valence-corrected chi connectivity index (χ2v) is 6.40. The maximum Gasteiger partial charge on any atom is 0.344 e. The monoisotopic (exact) mass is 401 g/mol. The van der Waals surface area contributed by atoms with Crippen LogP contribution in [0.3, 0.4) is 0 Å². The van der Waals surface area contributed by atoms with Crippen molar-refractivity contribution in [1.29, 1.82) is 0 Å². The van der Waals surface area contributed by atoms with Gasteiger partial charge in [-0.15, -0.1) is 0 Å². The number of ether oxygens (including phenoxy) is 2. The molecule has 0 aliphatic carbocycles. The normalized spacial score (nSPS) is 13.2. The summed E-state index contributed by atoms with van der Waals surface area (Å²) in [6, 6.07) is 7.04. The summed E-state index contributed by atoms with van der Waals surface area (Å²) < 4.78 is 9.96. The van der Waals surface area contributed by atoms with Crippen molar-refractivity contribution in [2.24, 2.45) is 0 Å². The van der Waals surface area contributed by atoms with Gasteiger partial charge in [-0.2, -0.15) is 0 Å². The number of likely N-dealkylation sites (tertiary alicyclic amines) is 1. The van der Waals surface area contributed by atoms with Crippen LogP contribution in [-0.4, -0.2) is 58.8 Å². The van der Waals surface area contributed by atoms with Gasteiger partial charge in [0.1, 0.15) is 5.69 Å². The highest BCUT2D eigenvalue weighted by Crippen LogP contribution is 2.25. The average molecular weight is 401 g/mol. The van der Waals surface area contributed by atoms with Crippen LogP contribution in [0.25, 0.3) is 0 Å². The van der Waals surface area contributed by atoms with Gasteiger partial charge in [-0.25, -0.2) is 4.79 Å². The van der Waals surface area contributed by atoms with Crippen molar-refractivity contribution in [3.05, 3.63) is 57.9 Å². The Hall–Kier alpha value is -3.69. The molecule has 0 unspecified atom stereocenters. The smallest absolute Gasteiger partial charge is 0.344 e. The van der Waals surface area contributed by atoms with Crippen LogP contribution < -0.4 is 4.74 Å². The van der Waals surface area contributed by atoms with Gasteiger partial charge in [0.25, 0.3) is 5.91 Å². The lowest BCUT2D eigenvalue weighted by Crippen LogP contribution is -2.27. The quantitative estimate of drug-likeness (QED) is 0.309. The lowest BCUT2D eigenvalue weighted by atomic mass is 10.2. The molecule has 0 atom stereocenters. The van der Waals surface area contributed by atoms with Crippen molar-refractivity contribution in [2.75, 3.05) is 26.3 Å². The molecule has 1 saturated heterocycles. The molecule has 3 rings (SSSR count). The number of benzene rings is 1. The molecule has 29 heavy (non-hydrogen) atoms. The first-order chi connectivity index (χ1) is 14.0. The number of hydrogen-bond acceptors (Lipinski definition) is 7. The molecule has 152 valence electrons. The third kappa shape index (κ3) is 4.98. The Morgan fingerprint density at radius 3 is 2.59 bits per heavy atom. The maximum absolute atomic E-state index is 12.3. The minimum Gasteiger partial charge on any atom is -0.475 e. The maximum atomic E-state index is 12.3. The molecule has 0 spiro atoms. The molecule has 1 N–H and O–H groups in total. The standard InChI is InChI=1S/C19H19N3O7/c23-16(13-9-14(20-10-13)19(25)21-7-3-4-8-21)11-29-18(24)12-28-17-6-2-1-5-15(17)22(26)27/h1-2,5-6,9-10,20H,3-4,7-8,11-12H2. The summed E-state index contributed by atoms with van der Waals surface area (Å²) in [5.74, 6) is -1.57. The minimum absolute atomic E-state index is 0.0727. The number of para-hydroxylation sites is 2. The van der Waals surface area contributed by atoms with E-state index in [1.807, 2.05) is 0 Å². The lowest BCUT2D eigenvalue weighted by molar-refractivity contribution is -0.385. The predicted molar refractivity (Wildman–Crippen MR) is 99.8 cm³/mol. The van der Waals surface area contributed by atoms with Crippen molar-refractivity contribution >= 4 is 23.3 Å². The molecular formula is C19H19N3O7. The Morgan fingerprint density at radius 2 is 1.86 bits per heavy atom. The highest BCUT2D eigenvalue weighted by atomic mass is 16.6. The summed E-state index contributed by atoms with van der Waals surface area (Å²) in [7, 11) is 0. The summed E-state index contributed by atoms with van der Waals surface area (Å²) in [5, 5.41) is 10.9. The molecule has 0 radical (unpaired) electrons. The van der Waals surface area contributed by atoms with Gasteiger partial charge >= 0.3 is 11.7 Å². The SMILES string of the molecule is O=C(COc1ccccc1[N+](=O)[O-])OCC(=O)c1c[nH]c(C(=O)N2CCCC2)c1. The Labute approximate surface area is 165 Å². The highest BCUT2D eigenvalue weighted by Gasteiger charge is 2.22. The number of nitro groups is 1. The number of nitrogens with one attached hydrogen (secondary N) is 1. The molecule has 1 amide bonds. The van der Waals surface area contributed by atoms with E-state index in [9.17, 15) is 24.5 Å². The molecule has 1 aromatic carbocycles. The summed E-state index contributed by atoms with van der Waals surface area (Å²) in [4.78, 5) is 51.0. The van der Waals surface area contributed by atoms with Crippen molar-refractivity contribution in [3.8, 4) is 5.75 Å². The molecule has 1 aromatic heterocycles. The summed E-state index contributed by atoms with van der Waals surface area (Å²) in [6.45, 7) is 0.273. The number of H-pyrrole nitrogens is 1. The zero-order valence-corrected chi connectivity index (χ0v) is 15.5. The first-order valence-corrected chi connectivity index (χ1v) is 8.98. The molecule has 2 heterocycles. The van der Waals surface area contributed by atoms with Gasteiger partial charge in [0, 0.05) is 30.9 Å². The highest BCUT2D eigenvalue weighted by molar-refractivity contribution is 6.01. The molecule has 10 heteroatoms. The van der Waals surface area contributed by atoms with Gasteiger partial charge in [-0.1, -0.05) is 12.1 Å². The van der Waals surface area contributed by atoms with Crippen LogP contribution in [0.2, 0.25) is 0 Å². The molecule has 1 fully saturated rings. The van der Waals surface area contributed by atoms with E-state index >= 15 is 0 Å². The summed E-state index contributed by atoms with van der Waals surface area (Å²) in [6.07, 6.45) is 3.31. The fraction of sp³-hybridized carbons (Fsp3) is 0.316. The predicted octanol–water partition coefficient (Wildman–Crippen LogP) is 1.96. The number of carbonyl (C=O) groups is 3. The third-order valence-corrected chi connectivity index (χ3v) is 4.40. The lowest BCUT2D eigenvalue weighted by Gasteiger charge is -2.13. The van der Waals surface area contributed by atoms with Crippen molar-refractivity contribution in [2.45, 2.75) is 12.8 Å². The first kappa shape index (κ1) is 20.1. The molecule has 0 saturated carbocycles. The topological polar surface area (TPSA) is 132 Å². The number of hydrogen-bond donors (Lipinski definition) is 1. The number of nitro benzene ring substituents is 1. The van der Waals surface area contributed by atoms with Crippen LogP contribution in [0.1, 0.15) is 33.7 Å². The van der Waals surface area contributed by atoms with Gasteiger partial charge in [0.05, 0.1) is 4.92 Å². The number of esters is 1. The fourth-order valence-electron chi connectivity index (χ4n) is 2.91. The Bertz CT molecular complexity index is 931. The van der Waals surface area contributed by atoms with Crippen LogP contribution in [0, 0.1) is 10.1 Å². The van der Waals surface area contributed by atoms with Crippen LogP contribution in [0.5, 0.6) is 5.75 Å². The van der Waals surface area contributed by atoms with Gasteiger partial charge in [0.15, 0.2) is 19.0 Å². The van der Waals surface area contributed by atoms with Crippen molar-refractivity contribution < 1.29 is 28.8 Å². The Balaban J connectivity index is 1.49. The Morgan fingerprint density at radius 1 is 1.14 bits per heavy atom. The molecule has 1 aliphatic heterocycles. The zero-order chi connectivity index (χ0) is 20.8. The number of Topliss-reactive ketones (excluding diaryl/α,β-unsaturated/α-hetero) is 1. The largest absolute Gasteiger partial charge is 0.475 e. The number of ketones is 1. The summed E-state index contributed by atoms with van der Waals surface area (Å²) >= 11 is 0. The molecule has 10 nitrogen and oxygen atoms in total. The van der Waals surface area contributed by atoms with E-state index in [4.69, 9.17) is 9.47 Å². The number of carbonyl (C=O) groups excluding carboxylic acids is 3. The molecular weight excluding hydrogens is 382 g/mol. The van der Waals surface area contributed by atoms with Crippen molar-refractivity contribution in [3.63, 3.8) is 0 Å². The van der Waals surface area contributed by atoms with E-state index in [2.05, 4.69) is 4.98 Å². The van der Waals surface area contributed by atoms with E-state index in [1.165, 1.54) is 36.5 Å². The van der Waals surface area contributed by atoms with Crippen LogP contribution >= 0.6 is 0 Å².